The van der Waals surface area contributed by atoms with Crippen molar-refractivity contribution in [2.75, 3.05) is 13.1 Å². The number of aliphatic hydroxyl groups excluding tert-OH is 1. The molecule has 0 aromatic carbocycles. The van der Waals surface area contributed by atoms with Crippen molar-refractivity contribution in [1.29, 1.82) is 0 Å². The molecule has 1 aliphatic rings. The average molecular weight is 119 g/mol. The highest BCUT2D eigenvalue weighted by Crippen LogP contribution is 2.18. The monoisotopic (exact) mass is 119 g/mol. The van der Waals surface area contributed by atoms with Crippen molar-refractivity contribution in [2.24, 2.45) is 0 Å². The Hall–Kier alpha value is -0.150. The number of aliphatic hydroxyl groups is 1. The second-order valence-corrected chi connectivity index (χ2v) is 2.42. The molecule has 0 spiro atoms. The van der Waals surface area contributed by atoms with E-state index in [4.69, 9.17) is 5.11 Å². The maximum Gasteiger partial charge on any atom is 0.147 e. The number of halogens is 1. The fraction of sp³-hybridized carbons (Fsp3) is 1.00. The topological polar surface area (TPSA) is 32.3 Å². The highest BCUT2D eigenvalue weighted by molar-refractivity contribution is 4.92. The first-order valence-electron chi connectivity index (χ1n) is 2.70. The van der Waals surface area contributed by atoms with E-state index in [0.29, 0.717) is 6.54 Å². The lowest BCUT2D eigenvalue weighted by molar-refractivity contribution is 0.0459. The van der Waals surface area contributed by atoms with E-state index in [2.05, 4.69) is 5.32 Å². The van der Waals surface area contributed by atoms with Gasteiger partial charge in [-0.15, -0.1) is 0 Å². The molecule has 0 aliphatic carbocycles. The van der Waals surface area contributed by atoms with Gasteiger partial charge in [-0.05, 0) is 6.92 Å². The van der Waals surface area contributed by atoms with Crippen LogP contribution in [0.5, 0.6) is 0 Å². The predicted octanol–water partition coefficient (Wildman–Crippen LogP) is -0.321. The summed E-state index contributed by atoms with van der Waals surface area (Å²) in [5.74, 6) is 0. The second-order valence-electron chi connectivity index (χ2n) is 2.42. The second kappa shape index (κ2) is 1.67. The van der Waals surface area contributed by atoms with Gasteiger partial charge in [0.2, 0.25) is 0 Å². The number of alkyl halides is 1. The van der Waals surface area contributed by atoms with Gasteiger partial charge < -0.3 is 10.4 Å². The molecule has 0 amide bonds. The highest BCUT2D eigenvalue weighted by atomic mass is 19.1. The Morgan fingerprint density at radius 2 is 2.50 bits per heavy atom. The molecule has 1 aliphatic heterocycles. The third-order valence-corrected chi connectivity index (χ3v) is 1.50. The van der Waals surface area contributed by atoms with Crippen molar-refractivity contribution in [3.63, 3.8) is 0 Å². The summed E-state index contributed by atoms with van der Waals surface area (Å²) in [5, 5.41) is 11.6. The fourth-order valence-corrected chi connectivity index (χ4v) is 0.784. The lowest BCUT2D eigenvalue weighted by Crippen LogP contribution is -2.32. The Labute approximate surface area is 47.7 Å². The SMILES string of the molecule is CC1(F)CNC[C@H]1O. The van der Waals surface area contributed by atoms with E-state index in [1.54, 1.807) is 0 Å². The Morgan fingerprint density at radius 1 is 1.88 bits per heavy atom. The third kappa shape index (κ3) is 0.833. The van der Waals surface area contributed by atoms with E-state index in [1.165, 1.54) is 6.92 Å². The van der Waals surface area contributed by atoms with E-state index in [9.17, 15) is 4.39 Å². The molecule has 1 unspecified atom stereocenters. The van der Waals surface area contributed by atoms with Gasteiger partial charge in [-0.3, -0.25) is 0 Å². The van der Waals surface area contributed by atoms with Gasteiger partial charge in [-0.25, -0.2) is 4.39 Å². The number of nitrogens with one attached hydrogen (secondary N) is 1. The predicted molar refractivity (Wildman–Crippen MR) is 28.4 cm³/mol. The van der Waals surface area contributed by atoms with Crippen LogP contribution in [0, 0.1) is 0 Å². The zero-order valence-electron chi connectivity index (χ0n) is 4.82. The van der Waals surface area contributed by atoms with E-state index in [-0.39, 0.29) is 6.54 Å². The van der Waals surface area contributed by atoms with Crippen LogP contribution in [0.3, 0.4) is 0 Å². The fourth-order valence-electron chi connectivity index (χ4n) is 0.784. The molecule has 2 nitrogen and oxygen atoms in total. The van der Waals surface area contributed by atoms with Crippen molar-refractivity contribution >= 4 is 0 Å². The smallest absolute Gasteiger partial charge is 0.147 e. The summed E-state index contributed by atoms with van der Waals surface area (Å²) in [6.45, 7) is 2.05. The summed E-state index contributed by atoms with van der Waals surface area (Å²) in [4.78, 5) is 0. The Bertz CT molecular complexity index is 94.4. The van der Waals surface area contributed by atoms with Crippen LogP contribution in [0.2, 0.25) is 0 Å². The number of hydrogen-bond acceptors (Lipinski definition) is 2. The van der Waals surface area contributed by atoms with Gasteiger partial charge in [-0.1, -0.05) is 0 Å². The third-order valence-electron chi connectivity index (χ3n) is 1.50. The molecule has 1 rings (SSSR count). The molecule has 0 aromatic rings. The first-order valence-corrected chi connectivity index (χ1v) is 2.70. The van der Waals surface area contributed by atoms with Crippen LogP contribution in [-0.2, 0) is 0 Å². The Kier molecular flexibility index (Phi) is 1.25. The van der Waals surface area contributed by atoms with Gasteiger partial charge in [0.1, 0.15) is 11.8 Å². The zero-order chi connectivity index (χ0) is 6.20. The standard InChI is InChI=1S/C5H10FNO/c1-5(6)3-7-2-4(5)8/h4,7-8H,2-3H2,1H3/t4-,5?/m1/s1. The molecule has 0 aromatic heterocycles. The zero-order valence-corrected chi connectivity index (χ0v) is 4.82. The van der Waals surface area contributed by atoms with E-state index in [1.807, 2.05) is 0 Å². The molecule has 1 heterocycles. The largest absolute Gasteiger partial charge is 0.388 e. The molecule has 8 heavy (non-hydrogen) atoms. The van der Waals surface area contributed by atoms with Crippen LogP contribution >= 0.6 is 0 Å². The minimum Gasteiger partial charge on any atom is -0.388 e. The number of β-amino-alcohol motifs (C(OH)–C–C–N with tert-alkyl or cyclic N) is 1. The van der Waals surface area contributed by atoms with Crippen LogP contribution in [0.15, 0.2) is 0 Å². The van der Waals surface area contributed by atoms with Crippen molar-refractivity contribution < 1.29 is 9.50 Å². The first-order chi connectivity index (χ1) is 3.63. The molecule has 0 bridgehead atoms. The van der Waals surface area contributed by atoms with Crippen molar-refractivity contribution in [1.82, 2.24) is 5.32 Å². The van der Waals surface area contributed by atoms with Gasteiger partial charge >= 0.3 is 0 Å². The summed E-state index contributed by atoms with van der Waals surface area (Å²) in [7, 11) is 0. The van der Waals surface area contributed by atoms with Crippen LogP contribution in [0.25, 0.3) is 0 Å². The Balaban J connectivity index is 2.54. The van der Waals surface area contributed by atoms with E-state index < -0.39 is 11.8 Å². The van der Waals surface area contributed by atoms with Crippen LogP contribution in [-0.4, -0.2) is 30.0 Å². The highest BCUT2D eigenvalue weighted by Gasteiger charge is 2.37. The van der Waals surface area contributed by atoms with Gasteiger partial charge in [0.25, 0.3) is 0 Å². The summed E-state index contributed by atoms with van der Waals surface area (Å²) in [6, 6.07) is 0. The molecular formula is C5H10FNO. The molecule has 0 saturated carbocycles. The minimum atomic E-state index is -1.40. The van der Waals surface area contributed by atoms with Crippen molar-refractivity contribution in [3.05, 3.63) is 0 Å². The van der Waals surface area contributed by atoms with Crippen molar-refractivity contribution in [3.8, 4) is 0 Å². The molecule has 1 saturated heterocycles. The molecular weight excluding hydrogens is 109 g/mol. The van der Waals surface area contributed by atoms with Gasteiger partial charge in [0.15, 0.2) is 0 Å². The van der Waals surface area contributed by atoms with Crippen molar-refractivity contribution in [2.45, 2.75) is 18.7 Å². The van der Waals surface area contributed by atoms with Gasteiger partial charge in [-0.2, -0.15) is 0 Å². The summed E-state index contributed by atoms with van der Waals surface area (Å²) < 4.78 is 12.7. The minimum absolute atomic E-state index is 0.272. The maximum absolute atomic E-state index is 12.7. The Morgan fingerprint density at radius 3 is 2.62 bits per heavy atom. The van der Waals surface area contributed by atoms with Gasteiger partial charge in [0, 0.05) is 13.1 Å². The lowest BCUT2D eigenvalue weighted by atomic mass is 10.1. The van der Waals surface area contributed by atoms with Crippen LogP contribution < -0.4 is 5.32 Å². The quantitative estimate of drug-likeness (QED) is 0.458. The molecule has 3 heteroatoms. The van der Waals surface area contributed by atoms with E-state index >= 15 is 0 Å². The summed E-state index contributed by atoms with van der Waals surface area (Å²) in [5.41, 5.74) is -1.40. The number of rotatable bonds is 0. The summed E-state index contributed by atoms with van der Waals surface area (Å²) >= 11 is 0. The molecule has 2 atom stereocenters. The molecule has 0 radical (unpaired) electrons. The maximum atomic E-state index is 12.7. The first kappa shape index (κ1) is 5.98. The van der Waals surface area contributed by atoms with Crippen LogP contribution in [0.4, 0.5) is 4.39 Å². The lowest BCUT2D eigenvalue weighted by Gasteiger charge is -2.14. The van der Waals surface area contributed by atoms with E-state index in [0.717, 1.165) is 0 Å². The van der Waals surface area contributed by atoms with Crippen LogP contribution in [0.1, 0.15) is 6.92 Å². The van der Waals surface area contributed by atoms with Gasteiger partial charge in [0.05, 0.1) is 0 Å². The summed E-state index contributed by atoms with van der Waals surface area (Å²) in [6.07, 6.45) is -0.817. The number of hydrogen-bond donors (Lipinski definition) is 2. The molecule has 1 fully saturated rings. The normalized spacial score (nSPS) is 47.6. The molecule has 2 N–H and O–H groups in total. The average Bonchev–Trinajstić information content (AvgIpc) is 1.86. The molecule has 48 valence electrons.